The molecule has 0 spiro atoms. The third kappa shape index (κ3) is 5.60. The van der Waals surface area contributed by atoms with Crippen LogP contribution >= 0.6 is 11.6 Å². The maximum absolute atomic E-state index is 10.4. The Bertz CT molecular complexity index is 215. The lowest BCUT2D eigenvalue weighted by Gasteiger charge is -1.94. The fraction of sp³-hybridized carbons (Fsp3) is 0.750. The molecule has 0 saturated heterocycles. The van der Waals surface area contributed by atoms with Crippen LogP contribution in [0.2, 0.25) is 0 Å². The van der Waals surface area contributed by atoms with Gasteiger partial charge in [-0.25, -0.2) is 8.42 Å². The van der Waals surface area contributed by atoms with Crippen LogP contribution < -0.4 is 0 Å². The third-order valence-electron chi connectivity index (χ3n) is 0.589. The van der Waals surface area contributed by atoms with Gasteiger partial charge in [0.15, 0.2) is 0 Å². The Morgan fingerprint density at radius 3 is 2.33 bits per heavy atom. The SMILES string of the molecule is CS(=O)(=O)C[C@@H](Cl)C#N. The molecule has 0 aromatic heterocycles. The second-order valence-corrected chi connectivity index (χ2v) is 4.40. The van der Waals surface area contributed by atoms with Crippen molar-refractivity contribution in [3.05, 3.63) is 0 Å². The normalized spacial score (nSPS) is 14.3. The molecule has 0 bridgehead atoms. The van der Waals surface area contributed by atoms with Crippen LogP contribution in [0, 0.1) is 11.3 Å². The molecule has 0 aromatic carbocycles. The van der Waals surface area contributed by atoms with Gasteiger partial charge in [-0.3, -0.25) is 0 Å². The van der Waals surface area contributed by atoms with Gasteiger partial charge in [0.05, 0.1) is 11.8 Å². The van der Waals surface area contributed by atoms with E-state index in [4.69, 9.17) is 16.9 Å². The van der Waals surface area contributed by atoms with E-state index in [1.165, 1.54) is 0 Å². The summed E-state index contributed by atoms with van der Waals surface area (Å²) in [5, 5.41) is 7.14. The molecule has 0 heterocycles. The van der Waals surface area contributed by atoms with Crippen LogP contribution in [0.1, 0.15) is 0 Å². The first-order valence-corrected chi connectivity index (χ1v) is 4.67. The average Bonchev–Trinajstić information content (AvgIpc) is 1.62. The van der Waals surface area contributed by atoms with E-state index in [0.29, 0.717) is 0 Å². The number of hydrogen-bond donors (Lipinski definition) is 0. The first-order valence-electron chi connectivity index (χ1n) is 2.17. The van der Waals surface area contributed by atoms with Crippen molar-refractivity contribution in [1.82, 2.24) is 0 Å². The number of nitrogens with zero attached hydrogens (tertiary/aromatic N) is 1. The lowest BCUT2D eigenvalue weighted by Crippen LogP contribution is -2.12. The third-order valence-corrected chi connectivity index (χ3v) is 1.96. The van der Waals surface area contributed by atoms with Gasteiger partial charge in [-0.05, 0) is 0 Å². The zero-order valence-electron chi connectivity index (χ0n) is 4.83. The van der Waals surface area contributed by atoms with Crippen LogP contribution in [0.3, 0.4) is 0 Å². The van der Waals surface area contributed by atoms with E-state index >= 15 is 0 Å². The van der Waals surface area contributed by atoms with Gasteiger partial charge in [0.25, 0.3) is 0 Å². The van der Waals surface area contributed by atoms with E-state index in [9.17, 15) is 8.42 Å². The summed E-state index contributed by atoms with van der Waals surface area (Å²) in [6.07, 6.45) is 1.04. The second kappa shape index (κ2) is 3.04. The molecule has 0 rings (SSSR count). The monoisotopic (exact) mass is 167 g/mol. The van der Waals surface area contributed by atoms with E-state index in [1.54, 1.807) is 6.07 Å². The van der Waals surface area contributed by atoms with Crippen LogP contribution in [0.15, 0.2) is 0 Å². The van der Waals surface area contributed by atoms with Gasteiger partial charge in [0.1, 0.15) is 15.2 Å². The second-order valence-electron chi connectivity index (χ2n) is 1.69. The largest absolute Gasteiger partial charge is 0.229 e. The Hall–Kier alpha value is -0.270. The minimum absolute atomic E-state index is 0.273. The van der Waals surface area contributed by atoms with Gasteiger partial charge in [0.2, 0.25) is 0 Å². The van der Waals surface area contributed by atoms with E-state index in [-0.39, 0.29) is 5.75 Å². The molecule has 0 fully saturated rings. The molecule has 0 aliphatic heterocycles. The lowest BCUT2D eigenvalue weighted by molar-refractivity contribution is 0.602. The Morgan fingerprint density at radius 1 is 1.78 bits per heavy atom. The highest BCUT2D eigenvalue weighted by atomic mass is 35.5. The molecule has 9 heavy (non-hydrogen) atoms. The molecule has 0 radical (unpaired) electrons. The highest BCUT2D eigenvalue weighted by Crippen LogP contribution is 1.96. The number of alkyl halides is 1. The maximum atomic E-state index is 10.4. The zero-order valence-corrected chi connectivity index (χ0v) is 6.41. The van der Waals surface area contributed by atoms with Crippen molar-refractivity contribution < 1.29 is 8.42 Å². The van der Waals surface area contributed by atoms with E-state index < -0.39 is 15.2 Å². The summed E-state index contributed by atoms with van der Waals surface area (Å²) in [6, 6.07) is 1.61. The average molecular weight is 168 g/mol. The van der Waals surface area contributed by atoms with Crippen molar-refractivity contribution in [2.45, 2.75) is 5.38 Å². The van der Waals surface area contributed by atoms with E-state index in [0.717, 1.165) is 6.26 Å². The smallest absolute Gasteiger partial charge is 0.149 e. The van der Waals surface area contributed by atoms with Crippen molar-refractivity contribution in [2.24, 2.45) is 0 Å². The molecule has 0 N–H and O–H groups in total. The minimum Gasteiger partial charge on any atom is -0.229 e. The molecule has 0 unspecified atom stereocenters. The fourth-order valence-electron chi connectivity index (χ4n) is 0.303. The van der Waals surface area contributed by atoms with Gasteiger partial charge in [-0.15, -0.1) is 11.6 Å². The Morgan fingerprint density at radius 2 is 2.22 bits per heavy atom. The topological polar surface area (TPSA) is 57.9 Å². The Labute approximate surface area is 59.2 Å². The number of hydrogen-bond acceptors (Lipinski definition) is 3. The van der Waals surface area contributed by atoms with Gasteiger partial charge in [0, 0.05) is 6.26 Å². The minimum atomic E-state index is -3.09. The van der Waals surface area contributed by atoms with Gasteiger partial charge < -0.3 is 0 Å². The van der Waals surface area contributed by atoms with Crippen molar-refractivity contribution in [2.75, 3.05) is 12.0 Å². The molecule has 0 saturated carbocycles. The first-order chi connectivity index (χ1) is 3.95. The summed E-state index contributed by atoms with van der Waals surface area (Å²) < 4.78 is 20.7. The van der Waals surface area contributed by atoms with Crippen molar-refractivity contribution in [3.63, 3.8) is 0 Å². The van der Waals surface area contributed by atoms with Crippen LogP contribution in [0.25, 0.3) is 0 Å². The maximum Gasteiger partial charge on any atom is 0.149 e. The fourth-order valence-corrected chi connectivity index (χ4v) is 1.60. The van der Waals surface area contributed by atoms with Crippen LogP contribution in [-0.4, -0.2) is 25.8 Å². The number of nitriles is 1. The molecule has 0 amide bonds. The molecule has 0 aliphatic rings. The highest BCUT2D eigenvalue weighted by molar-refractivity contribution is 7.90. The lowest BCUT2D eigenvalue weighted by atomic mass is 10.5. The summed E-state index contributed by atoms with van der Waals surface area (Å²) in [7, 11) is -3.09. The molecule has 1 atom stereocenters. The summed E-state index contributed by atoms with van der Waals surface area (Å²) in [6.45, 7) is 0. The highest BCUT2D eigenvalue weighted by Gasteiger charge is 2.10. The standard InChI is InChI=1S/C4H6ClNO2S/c1-9(7,8)3-4(5)2-6/h4H,3H2,1H3/t4-/m0/s1. The van der Waals surface area contributed by atoms with Crippen LogP contribution in [0.5, 0.6) is 0 Å². The molecular weight excluding hydrogens is 162 g/mol. The number of sulfone groups is 1. The molecule has 0 aromatic rings. The molecule has 52 valence electrons. The van der Waals surface area contributed by atoms with Crippen LogP contribution in [0.4, 0.5) is 0 Å². The predicted octanol–water partition coefficient (Wildman–Crippen LogP) is 0.162. The Balaban J connectivity index is 3.94. The first kappa shape index (κ1) is 8.73. The molecular formula is C4H6ClNO2S. The molecule has 5 heteroatoms. The van der Waals surface area contributed by atoms with E-state index in [2.05, 4.69) is 0 Å². The van der Waals surface area contributed by atoms with Gasteiger partial charge in [-0.2, -0.15) is 5.26 Å². The quantitative estimate of drug-likeness (QED) is 0.551. The Kier molecular flexibility index (Phi) is 2.95. The van der Waals surface area contributed by atoms with E-state index in [1.807, 2.05) is 0 Å². The molecule has 0 aliphatic carbocycles. The zero-order chi connectivity index (χ0) is 7.49. The summed E-state index contributed by atoms with van der Waals surface area (Å²) >= 11 is 5.21. The van der Waals surface area contributed by atoms with Crippen LogP contribution in [-0.2, 0) is 9.84 Å². The summed E-state index contributed by atoms with van der Waals surface area (Å²) in [5.41, 5.74) is 0. The summed E-state index contributed by atoms with van der Waals surface area (Å²) in [5.74, 6) is -0.273. The summed E-state index contributed by atoms with van der Waals surface area (Å²) in [4.78, 5) is 0. The van der Waals surface area contributed by atoms with Crippen molar-refractivity contribution in [3.8, 4) is 6.07 Å². The van der Waals surface area contributed by atoms with Crippen molar-refractivity contribution >= 4 is 21.4 Å². The van der Waals surface area contributed by atoms with Gasteiger partial charge >= 0.3 is 0 Å². The molecule has 3 nitrogen and oxygen atoms in total. The van der Waals surface area contributed by atoms with Crippen molar-refractivity contribution in [1.29, 1.82) is 5.26 Å². The van der Waals surface area contributed by atoms with Gasteiger partial charge in [-0.1, -0.05) is 0 Å². The predicted molar refractivity (Wildman–Crippen MR) is 35.0 cm³/mol. The number of halogens is 1. The number of rotatable bonds is 2.